The zero-order chi connectivity index (χ0) is 14.3. The van der Waals surface area contributed by atoms with E-state index in [2.05, 4.69) is 52.1 Å². The van der Waals surface area contributed by atoms with E-state index in [-0.39, 0.29) is 0 Å². The number of nitrogens with one attached hydrogen (secondary N) is 1. The summed E-state index contributed by atoms with van der Waals surface area (Å²) in [6, 6.07) is 4.47. The average molecular weight is 263 g/mol. The molecule has 0 aliphatic carbocycles. The molecule has 0 saturated carbocycles. The smallest absolute Gasteiger partial charge is 0.125 e. The van der Waals surface area contributed by atoms with Crippen LogP contribution >= 0.6 is 0 Å². The van der Waals surface area contributed by atoms with Crippen molar-refractivity contribution >= 4 is 0 Å². The second-order valence-electron chi connectivity index (χ2n) is 5.77. The van der Waals surface area contributed by atoms with Gasteiger partial charge in [-0.15, -0.1) is 0 Å². The minimum Gasteiger partial charge on any atom is -0.493 e. The van der Waals surface area contributed by atoms with Gasteiger partial charge >= 0.3 is 0 Å². The van der Waals surface area contributed by atoms with Crippen molar-refractivity contribution in [3.05, 3.63) is 28.8 Å². The van der Waals surface area contributed by atoms with Gasteiger partial charge in [-0.1, -0.05) is 32.9 Å². The normalized spacial score (nSPS) is 11.1. The molecule has 1 aromatic carbocycles. The van der Waals surface area contributed by atoms with E-state index < -0.39 is 0 Å². The summed E-state index contributed by atoms with van der Waals surface area (Å²) in [5.74, 6) is 1.76. The van der Waals surface area contributed by atoms with Gasteiger partial charge in [-0.25, -0.2) is 0 Å². The molecule has 0 fully saturated rings. The van der Waals surface area contributed by atoms with Crippen LogP contribution in [0.3, 0.4) is 0 Å². The van der Waals surface area contributed by atoms with Crippen molar-refractivity contribution in [2.75, 3.05) is 13.2 Å². The first-order chi connectivity index (χ1) is 9.04. The van der Waals surface area contributed by atoms with E-state index in [1.807, 2.05) is 0 Å². The summed E-state index contributed by atoms with van der Waals surface area (Å²) in [4.78, 5) is 0. The molecule has 19 heavy (non-hydrogen) atoms. The molecule has 2 nitrogen and oxygen atoms in total. The van der Waals surface area contributed by atoms with Crippen LogP contribution in [0.15, 0.2) is 12.1 Å². The van der Waals surface area contributed by atoms with Crippen LogP contribution in [0.1, 0.15) is 50.3 Å². The minimum absolute atomic E-state index is 0.693. The lowest BCUT2D eigenvalue weighted by atomic mass is 10.1. The molecule has 0 radical (unpaired) electrons. The molecule has 1 aromatic rings. The van der Waals surface area contributed by atoms with Gasteiger partial charge in [0.1, 0.15) is 5.75 Å². The maximum absolute atomic E-state index is 5.94. The first-order valence-corrected chi connectivity index (χ1v) is 7.48. The Balaban J connectivity index is 2.63. The molecule has 0 aliphatic heterocycles. The summed E-state index contributed by atoms with van der Waals surface area (Å²) >= 11 is 0. The van der Waals surface area contributed by atoms with E-state index in [1.165, 1.54) is 23.1 Å². The Morgan fingerprint density at radius 3 is 2.32 bits per heavy atom. The molecule has 0 aromatic heterocycles. The molecule has 1 rings (SSSR count). The number of hydrogen-bond donors (Lipinski definition) is 1. The van der Waals surface area contributed by atoms with E-state index in [0.717, 1.165) is 31.9 Å². The Kier molecular flexibility index (Phi) is 6.93. The van der Waals surface area contributed by atoms with Gasteiger partial charge in [0.25, 0.3) is 0 Å². The van der Waals surface area contributed by atoms with Gasteiger partial charge in [0.05, 0.1) is 6.61 Å². The predicted molar refractivity (Wildman–Crippen MR) is 82.9 cm³/mol. The van der Waals surface area contributed by atoms with E-state index >= 15 is 0 Å². The van der Waals surface area contributed by atoms with Crippen molar-refractivity contribution in [1.82, 2.24) is 5.32 Å². The number of rotatable bonds is 8. The highest BCUT2D eigenvalue weighted by molar-refractivity contribution is 5.43. The Morgan fingerprint density at radius 2 is 1.79 bits per heavy atom. The van der Waals surface area contributed by atoms with Crippen LogP contribution in [-0.2, 0) is 6.54 Å². The fourth-order valence-corrected chi connectivity index (χ4v) is 2.18. The summed E-state index contributed by atoms with van der Waals surface area (Å²) in [6.07, 6.45) is 2.28. The summed E-state index contributed by atoms with van der Waals surface area (Å²) < 4.78 is 5.94. The maximum Gasteiger partial charge on any atom is 0.125 e. The SMILES string of the molecule is CCCNCc1cc(C)c(OCCC(C)C)c(C)c1. The van der Waals surface area contributed by atoms with Crippen LogP contribution in [0.4, 0.5) is 0 Å². The van der Waals surface area contributed by atoms with E-state index in [0.29, 0.717) is 5.92 Å². The second kappa shape index (κ2) is 8.21. The van der Waals surface area contributed by atoms with Crippen LogP contribution in [0.2, 0.25) is 0 Å². The number of benzene rings is 1. The lowest BCUT2D eigenvalue weighted by molar-refractivity contribution is 0.286. The van der Waals surface area contributed by atoms with Crippen molar-refractivity contribution in [1.29, 1.82) is 0 Å². The molecule has 1 N–H and O–H groups in total. The van der Waals surface area contributed by atoms with Gasteiger partial charge in [-0.05, 0) is 55.8 Å². The molecule has 0 saturated heterocycles. The minimum atomic E-state index is 0.693. The lowest BCUT2D eigenvalue weighted by Crippen LogP contribution is -2.14. The predicted octanol–water partition coefficient (Wildman–Crippen LogP) is 4.23. The highest BCUT2D eigenvalue weighted by Crippen LogP contribution is 2.25. The van der Waals surface area contributed by atoms with Gasteiger partial charge < -0.3 is 10.1 Å². The van der Waals surface area contributed by atoms with Crippen LogP contribution < -0.4 is 10.1 Å². The quantitative estimate of drug-likeness (QED) is 0.709. The summed E-state index contributed by atoms with van der Waals surface area (Å²) in [5.41, 5.74) is 3.84. The highest BCUT2D eigenvalue weighted by Gasteiger charge is 2.07. The Bertz CT molecular complexity index is 362. The fourth-order valence-electron chi connectivity index (χ4n) is 2.18. The monoisotopic (exact) mass is 263 g/mol. The summed E-state index contributed by atoms with van der Waals surface area (Å²) in [7, 11) is 0. The van der Waals surface area contributed by atoms with E-state index in [9.17, 15) is 0 Å². The van der Waals surface area contributed by atoms with Gasteiger partial charge in [-0.2, -0.15) is 0 Å². The first-order valence-electron chi connectivity index (χ1n) is 7.48. The Morgan fingerprint density at radius 1 is 1.16 bits per heavy atom. The molecule has 0 atom stereocenters. The van der Waals surface area contributed by atoms with Crippen molar-refractivity contribution in [3.63, 3.8) is 0 Å². The molecule has 0 bridgehead atoms. The standard InChI is InChI=1S/C17H29NO/c1-6-8-18-12-16-10-14(4)17(15(5)11-16)19-9-7-13(2)3/h10-11,13,18H,6-9,12H2,1-5H3. The van der Waals surface area contributed by atoms with Gasteiger partial charge in [0, 0.05) is 6.54 Å². The molecule has 0 unspecified atom stereocenters. The Labute approximate surface area is 118 Å². The molecule has 2 heteroatoms. The molecule has 0 heterocycles. The fraction of sp³-hybridized carbons (Fsp3) is 0.647. The third-order valence-electron chi connectivity index (χ3n) is 3.22. The summed E-state index contributed by atoms with van der Waals surface area (Å²) in [6.45, 7) is 13.8. The number of ether oxygens (including phenoxy) is 1. The van der Waals surface area contributed by atoms with Gasteiger partial charge in [0.2, 0.25) is 0 Å². The molecule has 0 spiro atoms. The van der Waals surface area contributed by atoms with Crippen molar-refractivity contribution in [3.8, 4) is 5.75 Å². The Hall–Kier alpha value is -1.02. The third-order valence-corrected chi connectivity index (χ3v) is 3.22. The van der Waals surface area contributed by atoms with Crippen molar-refractivity contribution < 1.29 is 4.74 Å². The molecule has 0 aliphatic rings. The average Bonchev–Trinajstić information content (AvgIpc) is 2.32. The summed E-state index contributed by atoms with van der Waals surface area (Å²) in [5, 5.41) is 3.44. The lowest BCUT2D eigenvalue weighted by Gasteiger charge is -2.15. The largest absolute Gasteiger partial charge is 0.493 e. The van der Waals surface area contributed by atoms with Crippen LogP contribution in [0.5, 0.6) is 5.75 Å². The number of aryl methyl sites for hydroxylation is 2. The zero-order valence-corrected chi connectivity index (χ0v) is 13.2. The van der Waals surface area contributed by atoms with Crippen molar-refractivity contribution in [2.45, 2.75) is 54.0 Å². The highest BCUT2D eigenvalue weighted by atomic mass is 16.5. The molecule has 108 valence electrons. The topological polar surface area (TPSA) is 21.3 Å². The third kappa shape index (κ3) is 5.65. The van der Waals surface area contributed by atoms with Crippen LogP contribution in [0, 0.1) is 19.8 Å². The van der Waals surface area contributed by atoms with Crippen molar-refractivity contribution in [2.24, 2.45) is 5.92 Å². The molecule has 0 amide bonds. The van der Waals surface area contributed by atoms with Crippen LogP contribution in [-0.4, -0.2) is 13.2 Å². The van der Waals surface area contributed by atoms with E-state index in [4.69, 9.17) is 4.74 Å². The maximum atomic E-state index is 5.94. The zero-order valence-electron chi connectivity index (χ0n) is 13.2. The first kappa shape index (κ1) is 16.0. The van der Waals surface area contributed by atoms with Crippen LogP contribution in [0.25, 0.3) is 0 Å². The second-order valence-corrected chi connectivity index (χ2v) is 5.77. The van der Waals surface area contributed by atoms with Gasteiger partial charge in [-0.3, -0.25) is 0 Å². The molecular weight excluding hydrogens is 234 g/mol. The number of hydrogen-bond acceptors (Lipinski definition) is 2. The molecular formula is C17H29NO. The van der Waals surface area contributed by atoms with Gasteiger partial charge in [0.15, 0.2) is 0 Å². The van der Waals surface area contributed by atoms with E-state index in [1.54, 1.807) is 0 Å².